The largest absolute Gasteiger partial charge is 0.449 e. The molecular formula is C23H14BrClN4O3. The third-order valence-corrected chi connectivity index (χ3v) is 5.75. The molecule has 9 heteroatoms. The van der Waals surface area contributed by atoms with Crippen molar-refractivity contribution in [3.63, 3.8) is 0 Å². The molecule has 5 rings (SSSR count). The highest BCUT2D eigenvalue weighted by molar-refractivity contribution is 9.10. The van der Waals surface area contributed by atoms with Crippen LogP contribution in [0.15, 0.2) is 68.4 Å². The minimum absolute atomic E-state index is 0.147. The lowest BCUT2D eigenvalue weighted by Crippen LogP contribution is -2.12. The number of rotatable bonds is 3. The number of nitrogens with zero attached hydrogens (tertiary/aromatic N) is 2. The lowest BCUT2D eigenvalue weighted by molar-refractivity contribution is 0.102. The summed E-state index contributed by atoms with van der Waals surface area (Å²) in [6, 6.07) is 13.9. The Bertz CT molecular complexity index is 1570. The fourth-order valence-electron chi connectivity index (χ4n) is 3.34. The molecular weight excluding hydrogens is 496 g/mol. The number of aryl methyl sites for hydroxylation is 1. The van der Waals surface area contributed by atoms with Crippen LogP contribution in [0, 0.1) is 6.92 Å². The summed E-state index contributed by atoms with van der Waals surface area (Å²) >= 11 is 9.91. The van der Waals surface area contributed by atoms with Crippen LogP contribution in [0.4, 0.5) is 5.69 Å². The maximum absolute atomic E-state index is 12.6. The maximum Gasteiger partial charge on any atom is 0.294 e. The second kappa shape index (κ2) is 7.89. The Labute approximate surface area is 194 Å². The summed E-state index contributed by atoms with van der Waals surface area (Å²) in [5, 5.41) is 3.83. The van der Waals surface area contributed by atoms with Gasteiger partial charge in [0.2, 0.25) is 5.58 Å². The summed E-state index contributed by atoms with van der Waals surface area (Å²) in [6.45, 7) is 1.85. The van der Waals surface area contributed by atoms with Crippen molar-refractivity contribution in [1.29, 1.82) is 0 Å². The molecule has 158 valence electrons. The number of hydrogen-bond acceptors (Lipinski definition) is 5. The number of carbonyl (C=O) groups is 1. The predicted octanol–water partition coefficient (Wildman–Crippen LogP) is 5.71. The van der Waals surface area contributed by atoms with Crippen LogP contribution in [0.1, 0.15) is 16.1 Å². The number of aromatic amines is 1. The van der Waals surface area contributed by atoms with Crippen LogP contribution in [0.5, 0.6) is 0 Å². The molecule has 2 aromatic carbocycles. The highest BCUT2D eigenvalue weighted by Gasteiger charge is 2.16. The Morgan fingerprint density at radius 3 is 2.75 bits per heavy atom. The maximum atomic E-state index is 12.6. The number of pyridine rings is 1. The van der Waals surface area contributed by atoms with Crippen LogP contribution in [0.2, 0.25) is 5.02 Å². The predicted molar refractivity (Wildman–Crippen MR) is 127 cm³/mol. The van der Waals surface area contributed by atoms with Gasteiger partial charge in [0.15, 0.2) is 0 Å². The van der Waals surface area contributed by atoms with E-state index in [4.69, 9.17) is 16.0 Å². The van der Waals surface area contributed by atoms with Crippen molar-refractivity contribution in [2.75, 3.05) is 5.32 Å². The lowest BCUT2D eigenvalue weighted by atomic mass is 10.1. The molecule has 0 fully saturated rings. The third-order valence-electron chi connectivity index (χ3n) is 4.94. The van der Waals surface area contributed by atoms with E-state index in [2.05, 4.69) is 36.2 Å². The first kappa shape index (κ1) is 20.4. The van der Waals surface area contributed by atoms with Gasteiger partial charge in [-0.3, -0.25) is 14.6 Å². The average Bonchev–Trinajstić information content (AvgIpc) is 3.13. The molecule has 0 bridgehead atoms. The Morgan fingerprint density at radius 2 is 2.00 bits per heavy atom. The van der Waals surface area contributed by atoms with Crippen LogP contribution in [-0.2, 0) is 0 Å². The van der Waals surface area contributed by atoms with E-state index in [9.17, 15) is 9.59 Å². The highest BCUT2D eigenvalue weighted by atomic mass is 79.9. The Kier molecular flexibility index (Phi) is 5.03. The molecule has 7 nitrogen and oxygen atoms in total. The lowest BCUT2D eigenvalue weighted by Gasteiger charge is -2.09. The van der Waals surface area contributed by atoms with Gasteiger partial charge in [-0.25, -0.2) is 4.98 Å². The minimum Gasteiger partial charge on any atom is -0.449 e. The molecule has 0 aliphatic rings. The van der Waals surface area contributed by atoms with Gasteiger partial charge in [0.25, 0.3) is 11.5 Å². The standard InChI is InChI=1S/C23H14BrClN4O3/c1-11-2-3-12(10-26-11)22(30)27-14-5-6-15(17(25)9-14)21-28-19-16-8-13(24)4-7-18(16)32-20(19)23(31)29-21/h2-10H,1H3,(H,27,30)(H,28,29,31). The normalized spacial score (nSPS) is 11.2. The molecule has 1 amide bonds. The molecule has 3 heterocycles. The first-order chi connectivity index (χ1) is 15.4. The van der Waals surface area contributed by atoms with Crippen LogP contribution < -0.4 is 10.9 Å². The van der Waals surface area contributed by atoms with Crippen molar-refractivity contribution in [1.82, 2.24) is 15.0 Å². The van der Waals surface area contributed by atoms with E-state index in [-0.39, 0.29) is 11.5 Å². The van der Waals surface area contributed by atoms with Crippen molar-refractivity contribution < 1.29 is 9.21 Å². The summed E-state index contributed by atoms with van der Waals surface area (Å²) in [5.41, 5.74) is 3.03. The van der Waals surface area contributed by atoms with Gasteiger partial charge in [-0.05, 0) is 55.5 Å². The molecule has 2 N–H and O–H groups in total. The minimum atomic E-state index is -0.405. The zero-order valence-corrected chi connectivity index (χ0v) is 18.9. The Morgan fingerprint density at radius 1 is 1.16 bits per heavy atom. The quantitative estimate of drug-likeness (QED) is 0.324. The topological polar surface area (TPSA) is 101 Å². The number of furan rings is 1. The molecule has 0 atom stereocenters. The van der Waals surface area contributed by atoms with Gasteiger partial charge in [-0.15, -0.1) is 0 Å². The smallest absolute Gasteiger partial charge is 0.294 e. The number of amides is 1. The number of aromatic nitrogens is 3. The molecule has 0 radical (unpaired) electrons. The van der Waals surface area contributed by atoms with Gasteiger partial charge in [0.05, 0.1) is 10.6 Å². The van der Waals surface area contributed by atoms with Gasteiger partial charge in [0.1, 0.15) is 16.9 Å². The van der Waals surface area contributed by atoms with Gasteiger partial charge in [-0.2, -0.15) is 0 Å². The zero-order valence-electron chi connectivity index (χ0n) is 16.6. The Hall–Kier alpha value is -3.49. The number of benzene rings is 2. The van der Waals surface area contributed by atoms with Gasteiger partial charge < -0.3 is 14.7 Å². The average molecular weight is 510 g/mol. The molecule has 0 aliphatic carbocycles. The summed E-state index contributed by atoms with van der Waals surface area (Å²) in [5.74, 6) is 0.000462. The van der Waals surface area contributed by atoms with E-state index in [1.54, 1.807) is 36.4 Å². The van der Waals surface area contributed by atoms with Crippen molar-refractivity contribution in [3.8, 4) is 11.4 Å². The summed E-state index contributed by atoms with van der Waals surface area (Å²) < 4.78 is 6.50. The number of H-pyrrole nitrogens is 1. The van der Waals surface area contributed by atoms with E-state index in [1.807, 2.05) is 19.1 Å². The van der Waals surface area contributed by atoms with Crippen LogP contribution in [0.25, 0.3) is 33.5 Å². The van der Waals surface area contributed by atoms with E-state index >= 15 is 0 Å². The third kappa shape index (κ3) is 3.68. The van der Waals surface area contributed by atoms with Crippen LogP contribution >= 0.6 is 27.5 Å². The van der Waals surface area contributed by atoms with Crippen molar-refractivity contribution in [2.45, 2.75) is 6.92 Å². The fourth-order valence-corrected chi connectivity index (χ4v) is 3.97. The second-order valence-corrected chi connectivity index (χ2v) is 8.49. The summed E-state index contributed by atoms with van der Waals surface area (Å²) in [7, 11) is 0. The number of hydrogen-bond donors (Lipinski definition) is 2. The molecule has 0 saturated carbocycles. The van der Waals surface area contributed by atoms with Crippen LogP contribution in [-0.4, -0.2) is 20.9 Å². The number of halogens is 2. The number of carbonyl (C=O) groups excluding carboxylic acids is 1. The van der Waals surface area contributed by atoms with Crippen molar-refractivity contribution in [3.05, 3.63) is 85.8 Å². The van der Waals surface area contributed by atoms with Crippen molar-refractivity contribution >= 4 is 61.2 Å². The molecule has 0 aliphatic heterocycles. The molecule has 0 saturated heterocycles. The molecule has 5 aromatic rings. The first-order valence-corrected chi connectivity index (χ1v) is 10.7. The molecule has 32 heavy (non-hydrogen) atoms. The molecule has 0 unspecified atom stereocenters. The number of fused-ring (bicyclic) bond motifs is 3. The van der Waals surface area contributed by atoms with E-state index in [0.717, 1.165) is 10.2 Å². The zero-order chi connectivity index (χ0) is 22.4. The summed E-state index contributed by atoms with van der Waals surface area (Å²) in [6.07, 6.45) is 1.51. The number of nitrogens with one attached hydrogen (secondary N) is 2. The number of anilines is 1. The van der Waals surface area contributed by atoms with Gasteiger partial charge >= 0.3 is 0 Å². The SMILES string of the molecule is Cc1ccc(C(=O)Nc2ccc(-c3nc4c(oc5ccc(Br)cc54)c(=O)[nH]3)c(Cl)c2)cn1. The second-order valence-electron chi connectivity index (χ2n) is 7.17. The highest BCUT2D eigenvalue weighted by Crippen LogP contribution is 2.32. The van der Waals surface area contributed by atoms with E-state index in [0.29, 0.717) is 44.1 Å². The van der Waals surface area contributed by atoms with Gasteiger partial charge in [-0.1, -0.05) is 27.5 Å². The van der Waals surface area contributed by atoms with E-state index < -0.39 is 5.56 Å². The van der Waals surface area contributed by atoms with Crippen molar-refractivity contribution in [2.24, 2.45) is 0 Å². The van der Waals surface area contributed by atoms with E-state index in [1.165, 1.54) is 6.20 Å². The molecule has 3 aromatic heterocycles. The monoisotopic (exact) mass is 508 g/mol. The van der Waals surface area contributed by atoms with Crippen LogP contribution in [0.3, 0.4) is 0 Å². The summed E-state index contributed by atoms with van der Waals surface area (Å²) in [4.78, 5) is 36.5. The van der Waals surface area contributed by atoms with Gasteiger partial charge in [0, 0.05) is 33.0 Å². The Balaban J connectivity index is 1.51. The molecule has 0 spiro atoms. The first-order valence-electron chi connectivity index (χ1n) is 9.55. The fraction of sp³-hybridized carbons (Fsp3) is 0.0435.